The highest BCUT2D eigenvalue weighted by Crippen LogP contribution is 2.27. The van der Waals surface area contributed by atoms with Gasteiger partial charge in [0, 0.05) is 22.9 Å². The second-order valence-electron chi connectivity index (χ2n) is 2.16. The first-order valence-electron chi connectivity index (χ1n) is 4.85. The molecule has 0 heterocycles. The van der Waals surface area contributed by atoms with Gasteiger partial charge in [-0.05, 0) is 12.1 Å². The van der Waals surface area contributed by atoms with Gasteiger partial charge in [-0.25, -0.2) is 0 Å². The Hall–Kier alpha value is -1.51. The van der Waals surface area contributed by atoms with Crippen molar-refractivity contribution in [3.05, 3.63) is 23.8 Å². The van der Waals surface area contributed by atoms with Crippen LogP contribution in [-0.4, -0.2) is 25.4 Å². The van der Waals surface area contributed by atoms with Gasteiger partial charge in [-0.15, -0.1) is 0 Å². The van der Waals surface area contributed by atoms with E-state index in [0.29, 0.717) is 5.56 Å². The lowest BCUT2D eigenvalue weighted by Crippen LogP contribution is -1.87. The summed E-state index contributed by atoms with van der Waals surface area (Å²) in [7, 11) is 1.42. The molecule has 64 valence electrons. The van der Waals surface area contributed by atoms with Crippen LogP contribution in [0.2, 0.25) is 0 Å². The molecule has 1 N–H and O–H groups in total. The number of rotatable bonds is 2. The fourth-order valence-electron chi connectivity index (χ4n) is 0.878. The first-order valence-corrected chi connectivity index (χ1v) is 3.35. The maximum Gasteiger partial charge on any atom is 0.166 e. The highest BCUT2D eigenvalue weighted by atomic mass is 16.5. The third-order valence-electron chi connectivity index (χ3n) is 1.45. The average Bonchev–Trinajstić information content (AvgIpc) is 2.15. The molecule has 0 spiro atoms. The van der Waals surface area contributed by atoms with E-state index in [1.807, 2.05) is 0 Å². The molecular formula is C9H11NO2. The summed E-state index contributed by atoms with van der Waals surface area (Å²) in [5.41, 5.74) is 0.311. The van der Waals surface area contributed by atoms with Crippen molar-refractivity contribution in [2.24, 2.45) is 4.99 Å². The summed E-state index contributed by atoms with van der Waals surface area (Å²) in [5.74, 6) is 0.164. The first-order chi connectivity index (χ1) is 6.94. The van der Waals surface area contributed by atoms with Gasteiger partial charge in [-0.3, -0.25) is 4.99 Å². The molecule has 1 aromatic rings. The fraction of sp³-hybridized carbons (Fsp3) is 0.222. The van der Waals surface area contributed by atoms with Crippen LogP contribution in [0.15, 0.2) is 23.2 Å². The monoisotopic (exact) mass is 168 g/mol. The van der Waals surface area contributed by atoms with E-state index in [0.717, 1.165) is 6.21 Å². The minimum atomic E-state index is -2.39. The molecule has 3 heteroatoms. The summed E-state index contributed by atoms with van der Waals surface area (Å²) in [5, 5.41) is 9.59. The Balaban J connectivity index is 3.01. The molecule has 0 fully saturated rings. The van der Waals surface area contributed by atoms with E-state index < -0.39 is 6.98 Å². The highest BCUT2D eigenvalue weighted by Gasteiger charge is 2.03. The number of para-hydroxylation sites is 1. The number of aliphatic imine (C=N–C) groups is 1. The predicted molar refractivity (Wildman–Crippen MR) is 48.2 cm³/mol. The van der Waals surface area contributed by atoms with Gasteiger partial charge in [0.25, 0.3) is 0 Å². The van der Waals surface area contributed by atoms with Crippen molar-refractivity contribution in [1.82, 2.24) is 0 Å². The first kappa shape index (κ1) is 5.19. The topological polar surface area (TPSA) is 41.8 Å². The van der Waals surface area contributed by atoms with Gasteiger partial charge in [0.05, 0.1) is 7.11 Å². The number of phenolic OH excluding ortho intramolecular Hbond substituents is 1. The molecule has 3 nitrogen and oxygen atoms in total. The van der Waals surface area contributed by atoms with Gasteiger partial charge in [0.2, 0.25) is 0 Å². The summed E-state index contributed by atoms with van der Waals surface area (Å²) < 4.78 is 25.5. The molecule has 0 saturated carbocycles. The number of aromatic hydroxyl groups is 1. The molecule has 0 aliphatic rings. The van der Waals surface area contributed by atoms with Crippen LogP contribution < -0.4 is 4.74 Å². The lowest BCUT2D eigenvalue weighted by Gasteiger charge is -2.04. The van der Waals surface area contributed by atoms with E-state index in [-0.39, 0.29) is 11.5 Å². The zero-order valence-electron chi connectivity index (χ0n) is 9.61. The Kier molecular flexibility index (Phi) is 1.63. The molecule has 0 amide bonds. The van der Waals surface area contributed by atoms with E-state index in [4.69, 9.17) is 8.85 Å². The van der Waals surface area contributed by atoms with Crippen LogP contribution in [0, 0.1) is 0 Å². The lowest BCUT2D eigenvalue weighted by molar-refractivity contribution is 0.373. The molecule has 0 atom stereocenters. The molecule has 1 aromatic carbocycles. The number of benzene rings is 1. The Morgan fingerprint density at radius 3 is 3.17 bits per heavy atom. The summed E-state index contributed by atoms with van der Waals surface area (Å²) in [6, 6.07) is 4.76. The van der Waals surface area contributed by atoms with E-state index in [2.05, 4.69) is 4.99 Å². The SMILES string of the molecule is [2H]C([2H])([2H])N=Cc1cccc(OC)c1O. The maximum absolute atomic E-state index is 9.59. The van der Waals surface area contributed by atoms with Crippen molar-refractivity contribution in [1.29, 1.82) is 0 Å². The van der Waals surface area contributed by atoms with Crippen LogP contribution in [0.1, 0.15) is 9.68 Å². The van der Waals surface area contributed by atoms with Crippen molar-refractivity contribution in [3.63, 3.8) is 0 Å². The van der Waals surface area contributed by atoms with E-state index in [9.17, 15) is 5.11 Å². The number of methoxy groups -OCH3 is 1. The van der Waals surface area contributed by atoms with Crippen molar-refractivity contribution in [3.8, 4) is 11.5 Å². The zero-order valence-corrected chi connectivity index (χ0v) is 6.61. The van der Waals surface area contributed by atoms with E-state index in [1.54, 1.807) is 18.2 Å². The van der Waals surface area contributed by atoms with Crippen molar-refractivity contribution >= 4 is 6.21 Å². The summed E-state index contributed by atoms with van der Waals surface area (Å²) in [6.45, 7) is -2.39. The van der Waals surface area contributed by atoms with Gasteiger partial charge in [0.1, 0.15) is 0 Å². The molecule has 0 unspecified atom stereocenters. The zero-order chi connectivity index (χ0) is 11.5. The van der Waals surface area contributed by atoms with E-state index in [1.165, 1.54) is 7.11 Å². The van der Waals surface area contributed by atoms with Crippen molar-refractivity contribution in [2.45, 2.75) is 0 Å². The highest BCUT2D eigenvalue weighted by molar-refractivity contribution is 5.84. The van der Waals surface area contributed by atoms with Gasteiger partial charge < -0.3 is 9.84 Å². The second-order valence-corrected chi connectivity index (χ2v) is 2.16. The van der Waals surface area contributed by atoms with Crippen LogP contribution >= 0.6 is 0 Å². The molecule has 0 aliphatic heterocycles. The molecule has 12 heavy (non-hydrogen) atoms. The molecule has 0 saturated heterocycles. The smallest absolute Gasteiger partial charge is 0.166 e. The van der Waals surface area contributed by atoms with Gasteiger partial charge in [-0.1, -0.05) is 6.07 Å². The number of ether oxygens (including phenoxy) is 1. The Morgan fingerprint density at radius 1 is 1.67 bits per heavy atom. The minimum absolute atomic E-state index is 0.118. The number of hydrogen-bond acceptors (Lipinski definition) is 3. The van der Waals surface area contributed by atoms with Crippen LogP contribution in [0.25, 0.3) is 0 Å². The predicted octanol–water partition coefficient (Wildman–Crippen LogP) is 1.45. The van der Waals surface area contributed by atoms with Gasteiger partial charge in [0.15, 0.2) is 11.5 Å². The quantitative estimate of drug-likeness (QED) is 0.679. The fourth-order valence-corrected chi connectivity index (χ4v) is 0.878. The average molecular weight is 168 g/mol. The minimum Gasteiger partial charge on any atom is -0.504 e. The molecule has 0 aromatic heterocycles. The summed E-state index contributed by atoms with van der Waals surface area (Å²) >= 11 is 0. The third-order valence-corrected chi connectivity index (χ3v) is 1.45. The molecule has 0 aliphatic carbocycles. The van der Waals surface area contributed by atoms with Crippen molar-refractivity contribution in [2.75, 3.05) is 14.1 Å². The Labute approximate surface area is 75.5 Å². The lowest BCUT2D eigenvalue weighted by atomic mass is 10.2. The third kappa shape index (κ3) is 1.56. The van der Waals surface area contributed by atoms with Crippen LogP contribution in [0.5, 0.6) is 11.5 Å². The normalized spacial score (nSPS) is 15.2. The second kappa shape index (κ2) is 3.76. The summed E-state index contributed by atoms with van der Waals surface area (Å²) in [6.07, 6.45) is 1.10. The largest absolute Gasteiger partial charge is 0.504 e. The molecule has 0 bridgehead atoms. The standard InChI is InChI=1S/C9H11NO2/c1-10-6-7-4-3-5-8(12-2)9(7)11/h3-6,11H,1-2H3/i1D3. The van der Waals surface area contributed by atoms with Crippen LogP contribution in [-0.2, 0) is 0 Å². The Morgan fingerprint density at radius 2 is 2.50 bits per heavy atom. The van der Waals surface area contributed by atoms with E-state index >= 15 is 0 Å². The molecule has 0 radical (unpaired) electrons. The van der Waals surface area contributed by atoms with Gasteiger partial charge >= 0.3 is 0 Å². The number of phenols is 1. The maximum atomic E-state index is 9.59. The molecule has 1 rings (SSSR count). The molecular weight excluding hydrogens is 154 g/mol. The van der Waals surface area contributed by atoms with Crippen LogP contribution in [0.4, 0.5) is 0 Å². The van der Waals surface area contributed by atoms with Gasteiger partial charge in [-0.2, -0.15) is 0 Å². The van der Waals surface area contributed by atoms with Crippen molar-refractivity contribution < 1.29 is 14.0 Å². The number of hydrogen-bond donors (Lipinski definition) is 1. The Bertz CT molecular complexity index is 374. The van der Waals surface area contributed by atoms with Crippen LogP contribution in [0.3, 0.4) is 0 Å². The summed E-state index contributed by atoms with van der Waals surface area (Å²) in [4.78, 5) is 3.32. The number of nitrogens with zero attached hydrogens (tertiary/aromatic N) is 1.